The van der Waals surface area contributed by atoms with Crippen LogP contribution in [0.1, 0.15) is 32.7 Å². The number of carbonyl (C=O) groups is 2. The lowest BCUT2D eigenvalue weighted by Gasteiger charge is -2.18. The lowest BCUT2D eigenvalue weighted by molar-refractivity contribution is -0.274. The maximum absolute atomic E-state index is 12.4. The number of aromatic nitrogens is 3. The van der Waals surface area contributed by atoms with Gasteiger partial charge in [0.1, 0.15) is 17.5 Å². The van der Waals surface area contributed by atoms with Gasteiger partial charge in [-0.15, -0.1) is 18.3 Å². The van der Waals surface area contributed by atoms with Crippen LogP contribution >= 0.6 is 0 Å². The molecular formula is C17H19F3N4O4. The number of amides is 1. The van der Waals surface area contributed by atoms with Gasteiger partial charge in [-0.1, -0.05) is 24.3 Å². The van der Waals surface area contributed by atoms with Crippen molar-refractivity contribution in [2.24, 2.45) is 0 Å². The molecule has 0 spiro atoms. The third-order valence-electron chi connectivity index (χ3n) is 3.91. The fourth-order valence-electron chi connectivity index (χ4n) is 2.40. The lowest BCUT2D eigenvalue weighted by atomic mass is 10.1. The Hall–Kier alpha value is -3.11. The van der Waals surface area contributed by atoms with Crippen molar-refractivity contribution in [1.29, 1.82) is 0 Å². The summed E-state index contributed by atoms with van der Waals surface area (Å²) < 4.78 is 42.2. The van der Waals surface area contributed by atoms with Crippen LogP contribution in [0, 0.1) is 0 Å². The number of aliphatic carboxylic acids is 1. The Labute approximate surface area is 158 Å². The Bertz CT molecular complexity index is 838. The van der Waals surface area contributed by atoms with Crippen LogP contribution in [0.5, 0.6) is 5.75 Å². The van der Waals surface area contributed by atoms with Crippen LogP contribution in [0.25, 0.3) is 11.3 Å². The molecule has 11 heteroatoms. The minimum Gasteiger partial charge on any atom is -0.481 e. The molecule has 1 aromatic heterocycles. The Kier molecular flexibility index (Phi) is 6.60. The number of nitrogens with one attached hydrogen (secondary N) is 1. The summed E-state index contributed by atoms with van der Waals surface area (Å²) in [7, 11) is 0. The quantitative estimate of drug-likeness (QED) is 0.706. The highest BCUT2D eigenvalue weighted by atomic mass is 19.4. The number of ether oxygens (including phenoxy) is 1. The van der Waals surface area contributed by atoms with Gasteiger partial charge in [0.05, 0.1) is 12.6 Å². The highest BCUT2D eigenvalue weighted by molar-refractivity contribution is 5.81. The molecule has 2 N–H and O–H groups in total. The predicted octanol–water partition coefficient (Wildman–Crippen LogP) is 2.77. The number of hydrogen-bond donors (Lipinski definition) is 2. The number of nitrogens with zero attached hydrogens (tertiary/aromatic N) is 3. The number of halogens is 3. The monoisotopic (exact) mass is 400 g/mol. The minimum absolute atomic E-state index is 0.205. The number of carbonyl (C=O) groups excluding carboxylic acids is 1. The first-order valence-corrected chi connectivity index (χ1v) is 8.39. The van der Waals surface area contributed by atoms with E-state index in [0.717, 1.165) is 12.1 Å². The van der Waals surface area contributed by atoms with Crippen molar-refractivity contribution >= 4 is 11.9 Å². The summed E-state index contributed by atoms with van der Waals surface area (Å²) in [5.74, 6) is -1.87. The molecule has 28 heavy (non-hydrogen) atoms. The summed E-state index contributed by atoms with van der Waals surface area (Å²) in [5.41, 5.74) is 0.586. The van der Waals surface area contributed by atoms with Crippen LogP contribution in [0.4, 0.5) is 13.2 Å². The molecule has 0 aliphatic rings. The number of alkyl halides is 3. The summed E-state index contributed by atoms with van der Waals surface area (Å²) in [5, 5.41) is 19.2. The van der Waals surface area contributed by atoms with Gasteiger partial charge in [0.25, 0.3) is 0 Å². The minimum atomic E-state index is -4.81. The number of hydrogen-bond acceptors (Lipinski definition) is 5. The lowest BCUT2D eigenvalue weighted by Crippen LogP contribution is -2.40. The van der Waals surface area contributed by atoms with Crippen LogP contribution < -0.4 is 10.1 Å². The van der Waals surface area contributed by atoms with Gasteiger partial charge in [0, 0.05) is 11.6 Å². The number of carboxylic acid groups (broad SMARTS) is 1. The first-order valence-electron chi connectivity index (χ1n) is 8.39. The Balaban J connectivity index is 2.11. The maximum Gasteiger partial charge on any atom is 0.573 e. The molecule has 1 heterocycles. The average molecular weight is 400 g/mol. The Morgan fingerprint density at radius 2 is 2.07 bits per heavy atom. The molecule has 0 unspecified atom stereocenters. The zero-order valence-electron chi connectivity index (χ0n) is 15.1. The molecule has 2 atom stereocenters. The van der Waals surface area contributed by atoms with Gasteiger partial charge in [-0.2, -0.15) is 0 Å². The molecule has 0 bridgehead atoms. The smallest absolute Gasteiger partial charge is 0.481 e. The molecule has 1 aromatic carbocycles. The molecule has 0 aliphatic carbocycles. The zero-order chi connectivity index (χ0) is 20.9. The normalized spacial score (nSPS) is 13.6. The van der Waals surface area contributed by atoms with Crippen LogP contribution in [-0.4, -0.2) is 44.4 Å². The fraction of sp³-hybridized carbons (Fsp3) is 0.412. The first-order chi connectivity index (χ1) is 13.1. The maximum atomic E-state index is 12.4. The van der Waals surface area contributed by atoms with Crippen molar-refractivity contribution in [2.75, 3.05) is 0 Å². The highest BCUT2D eigenvalue weighted by Crippen LogP contribution is 2.27. The zero-order valence-corrected chi connectivity index (χ0v) is 15.1. The van der Waals surface area contributed by atoms with E-state index in [0.29, 0.717) is 12.0 Å². The molecule has 0 saturated carbocycles. The molecule has 0 aliphatic heterocycles. The van der Waals surface area contributed by atoms with Crippen LogP contribution in [0.15, 0.2) is 30.5 Å². The third kappa shape index (κ3) is 5.96. The van der Waals surface area contributed by atoms with E-state index >= 15 is 0 Å². The van der Waals surface area contributed by atoms with Crippen molar-refractivity contribution in [3.63, 3.8) is 0 Å². The standard InChI is InChI=1S/C17H19F3N4O4/c1-3-12(8-15(25)26)21-16(27)10(2)24-9-14(22-23-24)11-5-4-6-13(7-11)28-17(18,19)20/h4-7,9-10,12H,3,8H2,1-2H3,(H,21,27)(H,25,26)/t10-,12+/m0/s1. The molecule has 0 radical (unpaired) electrons. The molecular weight excluding hydrogens is 381 g/mol. The van der Waals surface area contributed by atoms with Crippen molar-refractivity contribution in [3.8, 4) is 17.0 Å². The molecule has 0 fully saturated rings. The highest BCUT2D eigenvalue weighted by Gasteiger charge is 2.31. The Morgan fingerprint density at radius 3 is 2.68 bits per heavy atom. The van der Waals surface area contributed by atoms with Gasteiger partial charge in [-0.3, -0.25) is 9.59 Å². The van der Waals surface area contributed by atoms with Gasteiger partial charge in [0.2, 0.25) is 5.91 Å². The second-order valence-corrected chi connectivity index (χ2v) is 6.05. The van der Waals surface area contributed by atoms with Crippen molar-refractivity contribution in [1.82, 2.24) is 20.3 Å². The second-order valence-electron chi connectivity index (χ2n) is 6.05. The van der Waals surface area contributed by atoms with Gasteiger partial charge in [-0.05, 0) is 25.5 Å². The van der Waals surface area contributed by atoms with Gasteiger partial charge >= 0.3 is 12.3 Å². The average Bonchev–Trinajstić information content (AvgIpc) is 3.08. The fourth-order valence-corrected chi connectivity index (χ4v) is 2.40. The van der Waals surface area contributed by atoms with E-state index in [2.05, 4.69) is 20.4 Å². The van der Waals surface area contributed by atoms with Crippen LogP contribution in [-0.2, 0) is 9.59 Å². The van der Waals surface area contributed by atoms with Gasteiger partial charge in [0.15, 0.2) is 0 Å². The largest absolute Gasteiger partial charge is 0.573 e. The van der Waals surface area contributed by atoms with Crippen molar-refractivity contribution in [2.45, 2.75) is 45.1 Å². The molecule has 152 valence electrons. The van der Waals surface area contributed by atoms with Gasteiger partial charge < -0.3 is 15.2 Å². The first kappa shape index (κ1) is 21.2. The van der Waals surface area contributed by atoms with Crippen LogP contribution in [0.2, 0.25) is 0 Å². The summed E-state index contributed by atoms with van der Waals surface area (Å²) in [6, 6.07) is 3.91. The summed E-state index contributed by atoms with van der Waals surface area (Å²) in [6.07, 6.45) is -3.16. The summed E-state index contributed by atoms with van der Waals surface area (Å²) in [4.78, 5) is 23.1. The van der Waals surface area contributed by atoms with Gasteiger partial charge in [-0.25, -0.2) is 4.68 Å². The molecule has 2 aromatic rings. The number of carboxylic acids is 1. The molecule has 0 saturated heterocycles. The van der Waals surface area contributed by atoms with Crippen molar-refractivity contribution in [3.05, 3.63) is 30.5 Å². The molecule has 2 rings (SSSR count). The van der Waals surface area contributed by atoms with E-state index in [9.17, 15) is 22.8 Å². The van der Waals surface area contributed by atoms with E-state index in [1.54, 1.807) is 13.8 Å². The third-order valence-corrected chi connectivity index (χ3v) is 3.91. The van der Waals surface area contributed by atoms with Crippen LogP contribution in [0.3, 0.4) is 0 Å². The SMILES string of the molecule is CC[C@H](CC(=O)O)NC(=O)[C@H](C)n1cc(-c2cccc(OC(F)(F)F)c2)nn1. The summed E-state index contributed by atoms with van der Waals surface area (Å²) in [6.45, 7) is 3.30. The van der Waals surface area contributed by atoms with E-state index < -0.39 is 36.1 Å². The number of benzene rings is 1. The van der Waals surface area contributed by atoms with E-state index in [-0.39, 0.29) is 12.1 Å². The Morgan fingerprint density at radius 1 is 1.36 bits per heavy atom. The molecule has 8 nitrogen and oxygen atoms in total. The van der Waals surface area contributed by atoms with E-state index in [4.69, 9.17) is 5.11 Å². The summed E-state index contributed by atoms with van der Waals surface area (Å²) >= 11 is 0. The predicted molar refractivity (Wildman–Crippen MR) is 91.3 cm³/mol. The number of rotatable bonds is 8. The molecule has 1 amide bonds. The van der Waals surface area contributed by atoms with E-state index in [1.165, 1.54) is 23.0 Å². The van der Waals surface area contributed by atoms with Crippen molar-refractivity contribution < 1.29 is 32.6 Å². The topological polar surface area (TPSA) is 106 Å². The second kappa shape index (κ2) is 8.72. The van der Waals surface area contributed by atoms with E-state index in [1.807, 2.05) is 0 Å².